The standard InChI is InChI=1S/C14H21N5S/c1-18(2)14(6-4-7-14)9-19(3)11-10-5-8-20-12(10)17-13(15)16-11/h5,8H,4,6-7,9H2,1-3H3,(H2,15,16,17). The Bertz CT molecular complexity index is 617. The van der Waals surface area contributed by atoms with E-state index in [4.69, 9.17) is 5.73 Å². The Morgan fingerprint density at radius 3 is 2.65 bits per heavy atom. The lowest BCUT2D eigenvalue weighted by molar-refractivity contribution is 0.0682. The molecule has 6 heteroatoms. The minimum Gasteiger partial charge on any atom is -0.368 e. The summed E-state index contributed by atoms with van der Waals surface area (Å²) in [5.74, 6) is 1.30. The average Bonchev–Trinajstić information content (AvgIpc) is 2.79. The number of thiophene rings is 1. The number of nitrogen functional groups attached to an aromatic ring is 1. The zero-order chi connectivity index (χ0) is 14.3. The van der Waals surface area contributed by atoms with Crippen LogP contribution >= 0.6 is 11.3 Å². The molecule has 0 unspecified atom stereocenters. The topological polar surface area (TPSA) is 58.3 Å². The first kappa shape index (κ1) is 13.6. The Labute approximate surface area is 123 Å². The summed E-state index contributed by atoms with van der Waals surface area (Å²) >= 11 is 1.61. The van der Waals surface area contributed by atoms with E-state index >= 15 is 0 Å². The van der Waals surface area contributed by atoms with Crippen LogP contribution in [0.2, 0.25) is 0 Å². The van der Waals surface area contributed by atoms with Gasteiger partial charge in [0.15, 0.2) is 0 Å². The van der Waals surface area contributed by atoms with Crippen molar-refractivity contribution in [2.45, 2.75) is 24.8 Å². The summed E-state index contributed by atoms with van der Waals surface area (Å²) in [5, 5.41) is 3.14. The Balaban J connectivity index is 1.92. The molecule has 2 N–H and O–H groups in total. The van der Waals surface area contributed by atoms with E-state index < -0.39 is 0 Å². The van der Waals surface area contributed by atoms with Crippen molar-refractivity contribution in [1.29, 1.82) is 0 Å². The van der Waals surface area contributed by atoms with E-state index in [-0.39, 0.29) is 5.54 Å². The minimum absolute atomic E-state index is 0.275. The number of aromatic nitrogens is 2. The Morgan fingerprint density at radius 2 is 2.05 bits per heavy atom. The summed E-state index contributed by atoms with van der Waals surface area (Å²) in [5.41, 5.74) is 6.11. The molecular formula is C14H21N5S. The van der Waals surface area contributed by atoms with E-state index in [2.05, 4.69) is 47.0 Å². The smallest absolute Gasteiger partial charge is 0.223 e. The summed E-state index contributed by atoms with van der Waals surface area (Å²) in [6, 6.07) is 2.08. The van der Waals surface area contributed by atoms with Crippen LogP contribution in [0.3, 0.4) is 0 Å². The first-order chi connectivity index (χ1) is 9.52. The van der Waals surface area contributed by atoms with Crippen LogP contribution in [0.25, 0.3) is 10.2 Å². The Morgan fingerprint density at radius 1 is 1.30 bits per heavy atom. The second-order valence-electron chi connectivity index (χ2n) is 5.87. The van der Waals surface area contributed by atoms with Gasteiger partial charge < -0.3 is 15.5 Å². The lowest BCUT2D eigenvalue weighted by Gasteiger charge is -2.49. The summed E-state index contributed by atoms with van der Waals surface area (Å²) < 4.78 is 0. The van der Waals surface area contributed by atoms with Crippen molar-refractivity contribution in [2.24, 2.45) is 0 Å². The number of rotatable bonds is 4. The van der Waals surface area contributed by atoms with Crippen molar-refractivity contribution >= 4 is 33.3 Å². The molecule has 108 valence electrons. The number of nitrogens with zero attached hydrogens (tertiary/aromatic N) is 4. The molecule has 3 rings (SSSR count). The molecule has 20 heavy (non-hydrogen) atoms. The van der Waals surface area contributed by atoms with Crippen LogP contribution < -0.4 is 10.6 Å². The molecule has 1 aliphatic rings. The van der Waals surface area contributed by atoms with Gasteiger partial charge in [0.1, 0.15) is 10.6 Å². The largest absolute Gasteiger partial charge is 0.368 e. The van der Waals surface area contributed by atoms with E-state index in [1.165, 1.54) is 19.3 Å². The maximum absolute atomic E-state index is 5.84. The van der Waals surface area contributed by atoms with E-state index in [9.17, 15) is 0 Å². The minimum atomic E-state index is 0.275. The molecule has 0 radical (unpaired) electrons. The fraction of sp³-hybridized carbons (Fsp3) is 0.571. The molecule has 0 amide bonds. The molecular weight excluding hydrogens is 270 g/mol. The molecule has 1 saturated carbocycles. The maximum Gasteiger partial charge on any atom is 0.223 e. The Kier molecular flexibility index (Phi) is 3.30. The van der Waals surface area contributed by atoms with Gasteiger partial charge in [-0.25, -0.2) is 4.98 Å². The molecule has 2 aromatic heterocycles. The van der Waals surface area contributed by atoms with Crippen LogP contribution in [0.4, 0.5) is 11.8 Å². The highest BCUT2D eigenvalue weighted by Crippen LogP contribution is 2.38. The third-order valence-corrected chi connectivity index (χ3v) is 5.25. The zero-order valence-electron chi connectivity index (χ0n) is 12.3. The van der Waals surface area contributed by atoms with Gasteiger partial charge in [0.25, 0.3) is 0 Å². The molecule has 2 heterocycles. The van der Waals surface area contributed by atoms with Crippen molar-refractivity contribution in [2.75, 3.05) is 38.3 Å². The first-order valence-corrected chi connectivity index (χ1v) is 7.79. The second kappa shape index (κ2) is 4.86. The molecule has 0 aliphatic heterocycles. The molecule has 2 aromatic rings. The predicted octanol–water partition coefficient (Wildman–Crippen LogP) is 2.19. The third-order valence-electron chi connectivity index (χ3n) is 4.45. The number of nitrogens with two attached hydrogens (primary N) is 1. The zero-order valence-corrected chi connectivity index (χ0v) is 13.1. The Hall–Kier alpha value is -1.40. The third kappa shape index (κ3) is 2.13. The average molecular weight is 291 g/mol. The molecule has 0 bridgehead atoms. The molecule has 0 aromatic carbocycles. The monoisotopic (exact) mass is 291 g/mol. The van der Waals surface area contributed by atoms with Gasteiger partial charge in [0.05, 0.1) is 5.39 Å². The van der Waals surface area contributed by atoms with Gasteiger partial charge in [-0.05, 0) is 44.8 Å². The van der Waals surface area contributed by atoms with Crippen LogP contribution in [-0.2, 0) is 0 Å². The number of fused-ring (bicyclic) bond motifs is 1. The second-order valence-corrected chi connectivity index (χ2v) is 6.77. The van der Waals surface area contributed by atoms with Gasteiger partial charge in [0.2, 0.25) is 5.95 Å². The summed E-state index contributed by atoms with van der Waals surface area (Å²) in [4.78, 5) is 14.3. The van der Waals surface area contributed by atoms with Crippen molar-refractivity contribution in [1.82, 2.24) is 14.9 Å². The first-order valence-electron chi connectivity index (χ1n) is 6.91. The van der Waals surface area contributed by atoms with Gasteiger partial charge >= 0.3 is 0 Å². The summed E-state index contributed by atoms with van der Waals surface area (Å²) in [6.45, 7) is 0.974. The van der Waals surface area contributed by atoms with Crippen molar-refractivity contribution in [3.63, 3.8) is 0 Å². The lowest BCUT2D eigenvalue weighted by atomic mass is 9.75. The fourth-order valence-corrected chi connectivity index (χ4v) is 3.76. The SMILES string of the molecule is CN(CC1(N(C)C)CCC1)c1nc(N)nc2sccc12. The summed E-state index contributed by atoms with van der Waals surface area (Å²) in [6.07, 6.45) is 3.81. The van der Waals surface area contributed by atoms with Crippen molar-refractivity contribution < 1.29 is 0 Å². The lowest BCUT2D eigenvalue weighted by Crippen LogP contribution is -2.56. The van der Waals surface area contributed by atoms with Gasteiger partial charge in [-0.3, -0.25) is 0 Å². The van der Waals surface area contributed by atoms with E-state index in [1.54, 1.807) is 11.3 Å². The number of likely N-dealkylation sites (N-methyl/N-ethyl adjacent to an activating group) is 2. The molecule has 0 atom stereocenters. The van der Waals surface area contributed by atoms with Crippen LogP contribution in [0.15, 0.2) is 11.4 Å². The molecule has 0 spiro atoms. The maximum atomic E-state index is 5.84. The summed E-state index contributed by atoms with van der Waals surface area (Å²) in [7, 11) is 6.44. The van der Waals surface area contributed by atoms with Crippen LogP contribution in [0.1, 0.15) is 19.3 Å². The highest BCUT2D eigenvalue weighted by molar-refractivity contribution is 7.16. The van der Waals surface area contributed by atoms with Crippen LogP contribution in [-0.4, -0.2) is 48.1 Å². The normalized spacial score (nSPS) is 17.4. The van der Waals surface area contributed by atoms with Gasteiger partial charge in [-0.15, -0.1) is 11.3 Å². The van der Waals surface area contributed by atoms with Crippen molar-refractivity contribution in [3.8, 4) is 0 Å². The van der Waals surface area contributed by atoms with Crippen molar-refractivity contribution in [3.05, 3.63) is 11.4 Å². The van der Waals surface area contributed by atoms with Gasteiger partial charge in [-0.2, -0.15) is 4.98 Å². The predicted molar refractivity (Wildman–Crippen MR) is 85.4 cm³/mol. The molecule has 1 fully saturated rings. The van der Waals surface area contributed by atoms with E-state index in [0.717, 1.165) is 22.6 Å². The highest BCUT2D eigenvalue weighted by atomic mass is 32.1. The highest BCUT2D eigenvalue weighted by Gasteiger charge is 2.40. The number of hydrogen-bond acceptors (Lipinski definition) is 6. The number of anilines is 2. The molecule has 5 nitrogen and oxygen atoms in total. The quantitative estimate of drug-likeness (QED) is 0.936. The van der Waals surface area contributed by atoms with Crippen LogP contribution in [0, 0.1) is 0 Å². The van der Waals surface area contributed by atoms with E-state index in [1.807, 2.05) is 5.38 Å². The molecule has 1 aliphatic carbocycles. The fourth-order valence-electron chi connectivity index (χ4n) is 2.99. The van der Waals surface area contributed by atoms with E-state index in [0.29, 0.717) is 5.95 Å². The molecule has 0 saturated heterocycles. The van der Waals surface area contributed by atoms with Crippen LogP contribution in [0.5, 0.6) is 0 Å². The van der Waals surface area contributed by atoms with Gasteiger partial charge in [0, 0.05) is 19.1 Å². The van der Waals surface area contributed by atoms with Gasteiger partial charge in [-0.1, -0.05) is 0 Å². The number of hydrogen-bond donors (Lipinski definition) is 1.